The van der Waals surface area contributed by atoms with Crippen LogP contribution < -0.4 is 14.2 Å². The number of hydrogen-bond donors (Lipinski definition) is 0. The van der Waals surface area contributed by atoms with Crippen molar-refractivity contribution >= 4 is 0 Å². The summed E-state index contributed by atoms with van der Waals surface area (Å²) in [7, 11) is 0. The molecule has 0 fully saturated rings. The highest BCUT2D eigenvalue weighted by molar-refractivity contribution is 5.64. The van der Waals surface area contributed by atoms with E-state index in [1.165, 1.54) is 87.3 Å². The zero-order valence-corrected chi connectivity index (χ0v) is 23.9. The summed E-state index contributed by atoms with van der Waals surface area (Å²) in [5.74, 6) is 2.45. The largest absolute Gasteiger partial charge is 0.491 e. The Morgan fingerprint density at radius 1 is 0.526 bits per heavy atom. The standard InChI is InChI=1S/C35H48O3/c1-4-6-8-10-11-13-15-30-16-18-31(19-17-30)32-20-22-33(23-21-32)36-28-37-34-24-26-35(27-25-34)38-29(3)14-12-9-7-5-2/h16-27,29H,4-15,28H2,1-3H3. The molecule has 3 aromatic carbocycles. The quantitative estimate of drug-likeness (QED) is 0.117. The molecular formula is C35H48O3. The molecule has 0 saturated heterocycles. The van der Waals surface area contributed by atoms with E-state index in [1.807, 2.05) is 36.4 Å². The molecule has 0 bridgehead atoms. The van der Waals surface area contributed by atoms with Crippen molar-refractivity contribution in [1.29, 1.82) is 0 Å². The molecule has 0 N–H and O–H groups in total. The number of unbranched alkanes of at least 4 members (excludes halogenated alkanes) is 8. The highest BCUT2D eigenvalue weighted by Gasteiger charge is 2.05. The summed E-state index contributed by atoms with van der Waals surface area (Å²) in [5.41, 5.74) is 3.86. The summed E-state index contributed by atoms with van der Waals surface area (Å²) in [6, 6.07) is 25.0. The van der Waals surface area contributed by atoms with Gasteiger partial charge in [-0.15, -0.1) is 0 Å². The van der Waals surface area contributed by atoms with Gasteiger partial charge in [0, 0.05) is 0 Å². The minimum atomic E-state index is 0.167. The summed E-state index contributed by atoms with van der Waals surface area (Å²) < 4.78 is 17.6. The smallest absolute Gasteiger partial charge is 0.230 e. The van der Waals surface area contributed by atoms with E-state index in [0.717, 1.165) is 23.7 Å². The number of aryl methyl sites for hydroxylation is 1. The summed E-state index contributed by atoms with van der Waals surface area (Å²) in [6.07, 6.45) is 15.6. The van der Waals surface area contributed by atoms with Crippen LogP contribution in [0.4, 0.5) is 0 Å². The Labute approximate surface area is 231 Å². The second-order valence-corrected chi connectivity index (χ2v) is 10.4. The second-order valence-electron chi connectivity index (χ2n) is 10.4. The minimum Gasteiger partial charge on any atom is -0.491 e. The summed E-state index contributed by atoms with van der Waals surface area (Å²) in [5, 5.41) is 0. The van der Waals surface area contributed by atoms with Crippen LogP contribution in [0.1, 0.15) is 97.0 Å². The third-order valence-corrected chi connectivity index (χ3v) is 7.04. The molecule has 0 aliphatic carbocycles. The Morgan fingerprint density at radius 2 is 1.00 bits per heavy atom. The van der Waals surface area contributed by atoms with Crippen LogP contribution in [-0.4, -0.2) is 12.9 Å². The van der Waals surface area contributed by atoms with Gasteiger partial charge in [-0.2, -0.15) is 0 Å². The fraction of sp³-hybridized carbons (Fsp3) is 0.486. The Balaban J connectivity index is 1.36. The summed E-state index contributed by atoms with van der Waals surface area (Å²) in [4.78, 5) is 0. The molecule has 1 atom stereocenters. The first kappa shape index (κ1) is 29.6. The van der Waals surface area contributed by atoms with Gasteiger partial charge in [-0.25, -0.2) is 0 Å². The van der Waals surface area contributed by atoms with Crippen molar-refractivity contribution in [1.82, 2.24) is 0 Å². The van der Waals surface area contributed by atoms with Gasteiger partial charge in [0.1, 0.15) is 17.2 Å². The predicted octanol–water partition coefficient (Wildman–Crippen LogP) is 10.4. The fourth-order valence-electron chi connectivity index (χ4n) is 4.65. The normalized spacial score (nSPS) is 11.8. The fourth-order valence-corrected chi connectivity index (χ4v) is 4.65. The zero-order chi connectivity index (χ0) is 26.8. The van der Waals surface area contributed by atoms with Crippen molar-refractivity contribution in [3.8, 4) is 28.4 Å². The molecule has 1 unspecified atom stereocenters. The van der Waals surface area contributed by atoms with Gasteiger partial charge in [-0.1, -0.05) is 102 Å². The number of rotatable bonds is 19. The summed E-state index contributed by atoms with van der Waals surface area (Å²) >= 11 is 0. The molecular weight excluding hydrogens is 468 g/mol. The molecule has 0 radical (unpaired) electrons. The Kier molecular flexibility index (Phi) is 13.7. The van der Waals surface area contributed by atoms with Gasteiger partial charge in [-0.3, -0.25) is 0 Å². The first-order valence-electron chi connectivity index (χ1n) is 14.9. The Hall–Kier alpha value is -2.94. The number of hydrogen-bond acceptors (Lipinski definition) is 3. The van der Waals surface area contributed by atoms with Gasteiger partial charge in [0.15, 0.2) is 0 Å². The number of benzene rings is 3. The molecule has 206 valence electrons. The molecule has 0 amide bonds. The van der Waals surface area contributed by atoms with Gasteiger partial charge in [-0.05, 0) is 85.7 Å². The van der Waals surface area contributed by atoms with E-state index in [0.29, 0.717) is 0 Å². The van der Waals surface area contributed by atoms with Gasteiger partial charge in [0.05, 0.1) is 6.10 Å². The lowest BCUT2D eigenvalue weighted by Crippen LogP contribution is -2.11. The molecule has 0 aliphatic rings. The summed E-state index contributed by atoms with van der Waals surface area (Å²) in [6.45, 7) is 6.81. The molecule has 0 heterocycles. The highest BCUT2D eigenvalue weighted by Crippen LogP contribution is 2.24. The average Bonchev–Trinajstić information content (AvgIpc) is 2.95. The maximum Gasteiger partial charge on any atom is 0.230 e. The van der Waals surface area contributed by atoms with Crippen LogP contribution in [0.25, 0.3) is 11.1 Å². The predicted molar refractivity (Wildman–Crippen MR) is 160 cm³/mol. The molecule has 0 aliphatic heterocycles. The van der Waals surface area contributed by atoms with Crippen molar-refractivity contribution in [3.63, 3.8) is 0 Å². The van der Waals surface area contributed by atoms with Gasteiger partial charge in [0.25, 0.3) is 0 Å². The van der Waals surface area contributed by atoms with E-state index in [1.54, 1.807) is 0 Å². The number of ether oxygens (including phenoxy) is 3. The van der Waals surface area contributed by atoms with E-state index in [4.69, 9.17) is 14.2 Å². The van der Waals surface area contributed by atoms with E-state index in [2.05, 4.69) is 57.2 Å². The maximum absolute atomic E-state index is 6.02. The second kappa shape index (κ2) is 17.5. The topological polar surface area (TPSA) is 27.7 Å². The van der Waals surface area contributed by atoms with Crippen LogP contribution in [-0.2, 0) is 6.42 Å². The lowest BCUT2D eigenvalue weighted by Gasteiger charge is -2.15. The Morgan fingerprint density at radius 3 is 1.61 bits per heavy atom. The van der Waals surface area contributed by atoms with E-state index in [9.17, 15) is 0 Å². The lowest BCUT2D eigenvalue weighted by atomic mass is 10.0. The van der Waals surface area contributed by atoms with Crippen molar-refractivity contribution in [2.24, 2.45) is 0 Å². The molecule has 38 heavy (non-hydrogen) atoms. The van der Waals surface area contributed by atoms with Crippen LogP contribution in [0.5, 0.6) is 17.2 Å². The van der Waals surface area contributed by atoms with Crippen LogP contribution in [0, 0.1) is 0 Å². The van der Waals surface area contributed by atoms with E-state index < -0.39 is 0 Å². The SMILES string of the molecule is CCCCCCCCc1ccc(-c2ccc(OCOc3ccc(OC(C)CCCCCC)cc3)cc2)cc1. The van der Waals surface area contributed by atoms with Gasteiger partial charge < -0.3 is 14.2 Å². The molecule has 0 spiro atoms. The van der Waals surface area contributed by atoms with Crippen molar-refractivity contribution in [2.75, 3.05) is 6.79 Å². The first-order valence-corrected chi connectivity index (χ1v) is 14.9. The van der Waals surface area contributed by atoms with Gasteiger partial charge >= 0.3 is 0 Å². The molecule has 3 rings (SSSR count). The van der Waals surface area contributed by atoms with Gasteiger partial charge in [0.2, 0.25) is 6.79 Å². The lowest BCUT2D eigenvalue weighted by molar-refractivity contribution is 0.119. The average molecular weight is 517 g/mol. The van der Waals surface area contributed by atoms with E-state index in [-0.39, 0.29) is 12.9 Å². The van der Waals surface area contributed by atoms with Crippen molar-refractivity contribution < 1.29 is 14.2 Å². The minimum absolute atomic E-state index is 0.167. The maximum atomic E-state index is 6.02. The first-order chi connectivity index (χ1) is 18.7. The zero-order valence-electron chi connectivity index (χ0n) is 23.9. The monoisotopic (exact) mass is 516 g/mol. The van der Waals surface area contributed by atoms with Crippen LogP contribution >= 0.6 is 0 Å². The van der Waals surface area contributed by atoms with Crippen molar-refractivity contribution in [2.45, 2.75) is 104 Å². The highest BCUT2D eigenvalue weighted by atomic mass is 16.7. The molecule has 3 aromatic rings. The van der Waals surface area contributed by atoms with Crippen molar-refractivity contribution in [3.05, 3.63) is 78.4 Å². The molecule has 0 aromatic heterocycles. The Bertz CT molecular complexity index is 993. The third-order valence-electron chi connectivity index (χ3n) is 7.04. The van der Waals surface area contributed by atoms with Crippen LogP contribution in [0.3, 0.4) is 0 Å². The van der Waals surface area contributed by atoms with Crippen LogP contribution in [0.15, 0.2) is 72.8 Å². The third kappa shape index (κ3) is 11.2. The van der Waals surface area contributed by atoms with Crippen LogP contribution in [0.2, 0.25) is 0 Å². The molecule has 3 nitrogen and oxygen atoms in total. The molecule has 3 heteroatoms. The van der Waals surface area contributed by atoms with E-state index >= 15 is 0 Å². The molecule has 0 saturated carbocycles.